The van der Waals surface area contributed by atoms with Crippen LogP contribution < -0.4 is 16.0 Å². The van der Waals surface area contributed by atoms with E-state index in [1.54, 1.807) is 24.4 Å². The predicted molar refractivity (Wildman–Crippen MR) is 112 cm³/mol. The quantitative estimate of drug-likeness (QED) is 0.452. The maximum atomic E-state index is 14.3. The Bertz CT molecular complexity index is 1330. The topological polar surface area (TPSA) is 113 Å². The van der Waals surface area contributed by atoms with Crippen LogP contribution >= 0.6 is 0 Å². The Morgan fingerprint density at radius 1 is 1.16 bits per heavy atom. The normalized spacial score (nSPS) is 15.6. The molecule has 11 heteroatoms. The maximum absolute atomic E-state index is 14.3. The second-order valence-corrected chi connectivity index (χ2v) is 7.40. The molecule has 4 N–H and O–H groups in total. The molecule has 0 aliphatic carbocycles. The Morgan fingerprint density at radius 3 is 2.69 bits per heavy atom. The van der Waals surface area contributed by atoms with Crippen LogP contribution in [0.5, 0.6) is 0 Å². The van der Waals surface area contributed by atoms with Crippen LogP contribution in [0.15, 0.2) is 42.6 Å². The van der Waals surface area contributed by atoms with Gasteiger partial charge in [-0.25, -0.2) is 13.2 Å². The summed E-state index contributed by atoms with van der Waals surface area (Å²) in [6, 6.07) is 7.66. The molecule has 1 aliphatic rings. The highest BCUT2D eigenvalue weighted by Crippen LogP contribution is 2.31. The SMILES string of the molecule is Nc1nc(NC2Cc3ccccc3N(C(=O)c3c(F)cc(F)cc3F)C2)c2cn[nH]c2n1. The molecule has 0 radical (unpaired) electrons. The average Bonchev–Trinajstić information content (AvgIpc) is 3.21. The van der Waals surface area contributed by atoms with Crippen LogP contribution in [0.3, 0.4) is 0 Å². The van der Waals surface area contributed by atoms with Gasteiger partial charge in [-0.1, -0.05) is 18.2 Å². The molecule has 32 heavy (non-hydrogen) atoms. The van der Waals surface area contributed by atoms with Gasteiger partial charge in [-0.3, -0.25) is 9.89 Å². The fraction of sp³-hybridized carbons (Fsp3) is 0.143. The fourth-order valence-corrected chi connectivity index (χ4v) is 3.92. The third-order valence-corrected chi connectivity index (χ3v) is 5.29. The molecule has 2 aromatic carbocycles. The number of nitrogens with zero attached hydrogens (tertiary/aromatic N) is 4. The highest BCUT2D eigenvalue weighted by molar-refractivity contribution is 6.07. The summed E-state index contributed by atoms with van der Waals surface area (Å²) in [4.78, 5) is 22.7. The van der Waals surface area contributed by atoms with Crippen LogP contribution in [-0.2, 0) is 6.42 Å². The van der Waals surface area contributed by atoms with Gasteiger partial charge in [0.05, 0.1) is 11.6 Å². The number of nitrogens with two attached hydrogens (primary N) is 1. The first-order chi connectivity index (χ1) is 15.4. The van der Waals surface area contributed by atoms with Crippen LogP contribution in [0.1, 0.15) is 15.9 Å². The minimum atomic E-state index is -1.26. The number of fused-ring (bicyclic) bond motifs is 2. The Labute approximate surface area is 179 Å². The van der Waals surface area contributed by atoms with Gasteiger partial charge in [-0.2, -0.15) is 15.1 Å². The Hall–Kier alpha value is -4.15. The lowest BCUT2D eigenvalue weighted by atomic mass is 9.96. The lowest BCUT2D eigenvalue weighted by Gasteiger charge is -2.35. The summed E-state index contributed by atoms with van der Waals surface area (Å²) in [5.41, 5.74) is 6.72. The van der Waals surface area contributed by atoms with Crippen LogP contribution in [0.4, 0.5) is 30.6 Å². The number of carbonyl (C=O) groups is 1. The number of hydrogen-bond acceptors (Lipinski definition) is 6. The zero-order valence-corrected chi connectivity index (χ0v) is 16.4. The number of H-pyrrole nitrogens is 1. The summed E-state index contributed by atoms with van der Waals surface area (Å²) in [5.74, 6) is -4.08. The van der Waals surface area contributed by atoms with Crippen molar-refractivity contribution in [2.75, 3.05) is 22.5 Å². The molecule has 0 spiro atoms. The Kier molecular flexibility index (Phi) is 4.65. The van der Waals surface area contributed by atoms with Gasteiger partial charge in [0.1, 0.15) is 28.8 Å². The minimum absolute atomic E-state index is 0.0313. The second-order valence-electron chi connectivity index (χ2n) is 7.40. The number of aromatic amines is 1. The highest BCUT2D eigenvalue weighted by Gasteiger charge is 2.32. The van der Waals surface area contributed by atoms with Crippen LogP contribution in [-0.4, -0.2) is 38.7 Å². The standard InChI is InChI=1S/C21H16F3N7O/c22-11-6-14(23)17(15(24)7-11)20(32)31-9-12(5-10-3-1-2-4-16(10)31)27-18-13-8-26-30-19(13)29-21(25)28-18/h1-4,6-8,12H,5,9H2,(H4,25,26,27,28,29,30). The van der Waals surface area contributed by atoms with Crippen LogP contribution in [0.25, 0.3) is 11.0 Å². The molecule has 0 saturated carbocycles. The molecule has 0 saturated heterocycles. The van der Waals surface area contributed by atoms with Gasteiger partial charge in [-0.15, -0.1) is 0 Å². The van der Waals surface area contributed by atoms with E-state index in [1.807, 2.05) is 6.07 Å². The van der Waals surface area contributed by atoms with E-state index in [9.17, 15) is 18.0 Å². The molecular weight excluding hydrogens is 423 g/mol. The fourth-order valence-electron chi connectivity index (χ4n) is 3.92. The molecule has 0 bridgehead atoms. The van der Waals surface area contributed by atoms with Crippen molar-refractivity contribution in [2.24, 2.45) is 0 Å². The van der Waals surface area contributed by atoms with Crippen molar-refractivity contribution < 1.29 is 18.0 Å². The third-order valence-electron chi connectivity index (χ3n) is 5.29. The second kappa shape index (κ2) is 7.52. The highest BCUT2D eigenvalue weighted by atomic mass is 19.1. The zero-order chi connectivity index (χ0) is 22.4. The van der Waals surface area contributed by atoms with Crippen molar-refractivity contribution >= 4 is 34.4 Å². The first kappa shape index (κ1) is 19.8. The summed E-state index contributed by atoms with van der Waals surface area (Å²) >= 11 is 0. The number of rotatable bonds is 3. The van der Waals surface area contributed by atoms with E-state index < -0.39 is 28.9 Å². The van der Waals surface area contributed by atoms with E-state index >= 15 is 0 Å². The Morgan fingerprint density at radius 2 is 1.91 bits per heavy atom. The molecule has 1 atom stereocenters. The molecule has 1 unspecified atom stereocenters. The Balaban J connectivity index is 1.52. The van der Waals surface area contributed by atoms with Crippen molar-refractivity contribution in [2.45, 2.75) is 12.5 Å². The number of amides is 1. The van der Waals surface area contributed by atoms with Crippen molar-refractivity contribution in [1.82, 2.24) is 20.2 Å². The summed E-state index contributed by atoms with van der Waals surface area (Å²) in [7, 11) is 0. The van der Waals surface area contributed by atoms with Gasteiger partial charge in [0.25, 0.3) is 5.91 Å². The minimum Gasteiger partial charge on any atom is -0.368 e. The third kappa shape index (κ3) is 3.37. The molecule has 8 nitrogen and oxygen atoms in total. The van der Waals surface area contributed by atoms with E-state index in [0.29, 0.717) is 41.1 Å². The summed E-state index contributed by atoms with van der Waals surface area (Å²) in [6.07, 6.45) is 2.05. The number of nitrogen functional groups attached to an aromatic ring is 1. The first-order valence-electron chi connectivity index (χ1n) is 9.68. The summed E-state index contributed by atoms with van der Waals surface area (Å²) in [5, 5.41) is 10.5. The van der Waals surface area contributed by atoms with Crippen molar-refractivity contribution in [3.8, 4) is 0 Å². The van der Waals surface area contributed by atoms with E-state index in [0.717, 1.165) is 5.56 Å². The number of nitrogens with one attached hydrogen (secondary N) is 2. The maximum Gasteiger partial charge on any atom is 0.264 e. The molecular formula is C21H16F3N7O. The predicted octanol–water partition coefficient (Wildman–Crippen LogP) is 3.04. The monoisotopic (exact) mass is 439 g/mol. The van der Waals surface area contributed by atoms with E-state index in [4.69, 9.17) is 5.73 Å². The van der Waals surface area contributed by atoms with E-state index in [2.05, 4.69) is 25.5 Å². The van der Waals surface area contributed by atoms with Gasteiger partial charge in [0.15, 0.2) is 5.65 Å². The summed E-state index contributed by atoms with van der Waals surface area (Å²) in [6.45, 7) is 0.0787. The van der Waals surface area contributed by atoms with Crippen LogP contribution in [0, 0.1) is 17.5 Å². The van der Waals surface area contributed by atoms with Crippen molar-refractivity contribution in [3.63, 3.8) is 0 Å². The smallest absolute Gasteiger partial charge is 0.264 e. The van der Waals surface area contributed by atoms with Gasteiger partial charge in [0.2, 0.25) is 5.95 Å². The van der Waals surface area contributed by atoms with E-state index in [1.165, 1.54) is 4.90 Å². The van der Waals surface area contributed by atoms with Gasteiger partial charge in [-0.05, 0) is 18.1 Å². The lowest BCUT2D eigenvalue weighted by molar-refractivity contribution is 0.0975. The average molecular weight is 439 g/mol. The largest absolute Gasteiger partial charge is 0.368 e. The number of para-hydroxylation sites is 1. The number of anilines is 3. The van der Waals surface area contributed by atoms with Gasteiger partial charge >= 0.3 is 0 Å². The van der Waals surface area contributed by atoms with Crippen molar-refractivity contribution in [3.05, 3.63) is 71.2 Å². The molecule has 2 aromatic heterocycles. The number of hydrogen-bond donors (Lipinski definition) is 3. The molecule has 162 valence electrons. The summed E-state index contributed by atoms with van der Waals surface area (Å²) < 4.78 is 42.0. The number of benzene rings is 2. The molecule has 4 aromatic rings. The molecule has 1 amide bonds. The van der Waals surface area contributed by atoms with Crippen LogP contribution in [0.2, 0.25) is 0 Å². The van der Waals surface area contributed by atoms with E-state index in [-0.39, 0.29) is 18.5 Å². The number of carbonyl (C=O) groups excluding carboxylic acids is 1. The molecule has 1 aliphatic heterocycles. The lowest BCUT2D eigenvalue weighted by Crippen LogP contribution is -2.46. The number of aromatic nitrogens is 4. The number of halogens is 3. The van der Waals surface area contributed by atoms with Gasteiger partial charge in [0, 0.05) is 30.4 Å². The van der Waals surface area contributed by atoms with Crippen molar-refractivity contribution in [1.29, 1.82) is 0 Å². The molecule has 0 fully saturated rings. The zero-order valence-electron chi connectivity index (χ0n) is 16.4. The molecule has 3 heterocycles. The van der Waals surface area contributed by atoms with Gasteiger partial charge < -0.3 is 16.0 Å². The molecule has 5 rings (SSSR count). The first-order valence-corrected chi connectivity index (χ1v) is 9.68.